The molecule has 2 aromatic rings. The summed E-state index contributed by atoms with van der Waals surface area (Å²) < 4.78 is 2.22. The molecular formula is C11H14N2S. The Balaban J connectivity index is 1.98. The van der Waals surface area contributed by atoms with Gasteiger partial charge in [-0.1, -0.05) is 6.07 Å². The van der Waals surface area contributed by atoms with Crippen molar-refractivity contribution in [3.63, 3.8) is 0 Å². The quantitative estimate of drug-likeness (QED) is 0.817. The van der Waals surface area contributed by atoms with Crippen molar-refractivity contribution in [3.05, 3.63) is 46.4 Å². The molecule has 0 saturated carbocycles. The van der Waals surface area contributed by atoms with Crippen molar-refractivity contribution < 1.29 is 0 Å². The predicted octanol–water partition coefficient (Wildman–Crippen LogP) is 2.25. The van der Waals surface area contributed by atoms with Gasteiger partial charge in [0.25, 0.3) is 0 Å². The molecule has 0 bridgehead atoms. The molecule has 0 aliphatic heterocycles. The van der Waals surface area contributed by atoms with Crippen molar-refractivity contribution in [2.45, 2.75) is 19.5 Å². The van der Waals surface area contributed by atoms with E-state index in [1.807, 2.05) is 11.3 Å². The highest BCUT2D eigenvalue weighted by atomic mass is 32.1. The van der Waals surface area contributed by atoms with Crippen LogP contribution in [0.4, 0.5) is 0 Å². The Hall–Kier alpha value is -1.06. The average molecular weight is 206 g/mol. The van der Waals surface area contributed by atoms with Crippen LogP contribution in [0.5, 0.6) is 0 Å². The van der Waals surface area contributed by atoms with Crippen LogP contribution in [0.25, 0.3) is 0 Å². The van der Waals surface area contributed by atoms with Gasteiger partial charge < -0.3 is 10.3 Å². The topological polar surface area (TPSA) is 30.9 Å². The van der Waals surface area contributed by atoms with Gasteiger partial charge in [-0.15, -0.1) is 11.3 Å². The fourth-order valence-corrected chi connectivity index (χ4v) is 2.24. The fraction of sp³-hybridized carbons (Fsp3) is 0.273. The molecule has 2 nitrogen and oxygen atoms in total. The van der Waals surface area contributed by atoms with Gasteiger partial charge in [0.1, 0.15) is 0 Å². The minimum Gasteiger partial charge on any atom is -0.350 e. The molecule has 3 heteroatoms. The maximum Gasteiger partial charge on any atom is 0.0334 e. The van der Waals surface area contributed by atoms with Crippen LogP contribution < -0.4 is 5.73 Å². The molecule has 2 heterocycles. The van der Waals surface area contributed by atoms with E-state index in [1.165, 1.54) is 10.6 Å². The number of nitrogens with zero attached hydrogens (tertiary/aromatic N) is 1. The molecule has 0 radical (unpaired) electrons. The molecule has 2 rings (SSSR count). The molecule has 0 unspecified atom stereocenters. The van der Waals surface area contributed by atoms with Crippen molar-refractivity contribution in [1.82, 2.24) is 4.57 Å². The second-order valence-corrected chi connectivity index (χ2v) is 4.26. The first-order valence-electron chi connectivity index (χ1n) is 4.76. The molecule has 14 heavy (non-hydrogen) atoms. The molecule has 0 aliphatic rings. The van der Waals surface area contributed by atoms with E-state index >= 15 is 0 Å². The summed E-state index contributed by atoms with van der Waals surface area (Å²) in [5.41, 5.74) is 6.84. The zero-order chi connectivity index (χ0) is 9.80. The van der Waals surface area contributed by atoms with Crippen LogP contribution >= 0.6 is 11.3 Å². The molecule has 0 aliphatic carbocycles. The lowest BCUT2D eigenvalue weighted by molar-refractivity contribution is 0.668. The summed E-state index contributed by atoms with van der Waals surface area (Å²) >= 11 is 1.81. The molecule has 74 valence electrons. The summed E-state index contributed by atoms with van der Waals surface area (Å²) in [6.45, 7) is 1.65. The molecule has 0 saturated heterocycles. The highest BCUT2D eigenvalue weighted by molar-refractivity contribution is 7.09. The number of hydrogen-bond donors (Lipinski definition) is 1. The lowest BCUT2D eigenvalue weighted by Gasteiger charge is -2.05. The summed E-state index contributed by atoms with van der Waals surface area (Å²) in [6.07, 6.45) is 3.19. The van der Waals surface area contributed by atoms with E-state index in [1.54, 1.807) is 0 Å². The van der Waals surface area contributed by atoms with E-state index < -0.39 is 0 Å². The third-order valence-electron chi connectivity index (χ3n) is 2.31. The van der Waals surface area contributed by atoms with E-state index in [0.717, 1.165) is 13.0 Å². The normalized spacial score (nSPS) is 10.6. The molecule has 0 atom stereocenters. The Bertz CT molecular complexity index is 376. The molecule has 0 aromatic carbocycles. The van der Waals surface area contributed by atoms with Gasteiger partial charge in [0.15, 0.2) is 0 Å². The van der Waals surface area contributed by atoms with Gasteiger partial charge >= 0.3 is 0 Å². The highest BCUT2D eigenvalue weighted by Gasteiger charge is 1.99. The average Bonchev–Trinajstić information content (AvgIpc) is 2.85. The van der Waals surface area contributed by atoms with Crippen molar-refractivity contribution in [3.8, 4) is 0 Å². The van der Waals surface area contributed by atoms with Crippen LogP contribution in [0, 0.1) is 0 Å². The Morgan fingerprint density at radius 2 is 2.21 bits per heavy atom. The number of nitrogens with two attached hydrogens (primary N) is 1. The molecular weight excluding hydrogens is 192 g/mol. The van der Waals surface area contributed by atoms with Crippen molar-refractivity contribution >= 4 is 11.3 Å². The van der Waals surface area contributed by atoms with Crippen LogP contribution in [0.1, 0.15) is 10.6 Å². The maximum atomic E-state index is 5.63. The van der Waals surface area contributed by atoms with E-state index in [2.05, 4.69) is 40.4 Å². The van der Waals surface area contributed by atoms with Gasteiger partial charge in [0, 0.05) is 29.9 Å². The number of thiophene rings is 1. The van der Waals surface area contributed by atoms with E-state index in [-0.39, 0.29) is 0 Å². The Kier molecular flexibility index (Phi) is 3.01. The van der Waals surface area contributed by atoms with Gasteiger partial charge in [-0.2, -0.15) is 0 Å². The minimum absolute atomic E-state index is 0.622. The lowest BCUT2D eigenvalue weighted by atomic mass is 10.3. The zero-order valence-corrected chi connectivity index (χ0v) is 8.83. The molecule has 2 N–H and O–H groups in total. The third kappa shape index (κ3) is 2.05. The zero-order valence-electron chi connectivity index (χ0n) is 8.02. The second-order valence-electron chi connectivity index (χ2n) is 3.23. The first kappa shape index (κ1) is 9.49. The number of aryl methyl sites for hydroxylation is 2. The number of aromatic nitrogens is 1. The van der Waals surface area contributed by atoms with Gasteiger partial charge in [-0.3, -0.25) is 0 Å². The monoisotopic (exact) mass is 206 g/mol. The molecule has 0 fully saturated rings. The Labute approximate surface area is 88.0 Å². The molecule has 2 aromatic heterocycles. The predicted molar refractivity (Wildman–Crippen MR) is 60.3 cm³/mol. The maximum absolute atomic E-state index is 5.63. The van der Waals surface area contributed by atoms with Gasteiger partial charge in [0.2, 0.25) is 0 Å². The first-order valence-corrected chi connectivity index (χ1v) is 5.64. The van der Waals surface area contributed by atoms with E-state index in [0.29, 0.717) is 6.54 Å². The highest BCUT2D eigenvalue weighted by Crippen LogP contribution is 2.11. The standard InChI is InChI=1S/C11H14N2S/c12-9-10-3-1-6-13(10)7-5-11-4-2-8-14-11/h1-4,6,8H,5,7,9,12H2. The Morgan fingerprint density at radius 1 is 1.29 bits per heavy atom. The van der Waals surface area contributed by atoms with Crippen molar-refractivity contribution in [2.75, 3.05) is 0 Å². The van der Waals surface area contributed by atoms with Crippen LogP contribution in [-0.2, 0) is 19.5 Å². The lowest BCUT2D eigenvalue weighted by Crippen LogP contribution is -2.07. The summed E-state index contributed by atoms with van der Waals surface area (Å²) in [5, 5.41) is 2.12. The minimum atomic E-state index is 0.622. The summed E-state index contributed by atoms with van der Waals surface area (Å²) in [6, 6.07) is 8.40. The summed E-state index contributed by atoms with van der Waals surface area (Å²) in [7, 11) is 0. The van der Waals surface area contributed by atoms with Gasteiger partial charge in [-0.25, -0.2) is 0 Å². The third-order valence-corrected chi connectivity index (χ3v) is 3.25. The van der Waals surface area contributed by atoms with Crippen LogP contribution in [0.3, 0.4) is 0 Å². The smallest absolute Gasteiger partial charge is 0.0334 e. The summed E-state index contributed by atoms with van der Waals surface area (Å²) in [4.78, 5) is 1.43. The number of hydrogen-bond acceptors (Lipinski definition) is 2. The Morgan fingerprint density at radius 3 is 2.93 bits per heavy atom. The molecule has 0 spiro atoms. The largest absolute Gasteiger partial charge is 0.350 e. The van der Waals surface area contributed by atoms with Crippen LogP contribution in [0.15, 0.2) is 35.8 Å². The summed E-state index contributed by atoms with van der Waals surface area (Å²) in [5.74, 6) is 0. The fourth-order valence-electron chi connectivity index (χ4n) is 1.54. The second kappa shape index (κ2) is 4.44. The first-order chi connectivity index (χ1) is 6.90. The van der Waals surface area contributed by atoms with Gasteiger partial charge in [-0.05, 0) is 30.0 Å². The van der Waals surface area contributed by atoms with Crippen LogP contribution in [0.2, 0.25) is 0 Å². The van der Waals surface area contributed by atoms with Crippen molar-refractivity contribution in [2.24, 2.45) is 5.73 Å². The van der Waals surface area contributed by atoms with Gasteiger partial charge in [0.05, 0.1) is 0 Å². The SMILES string of the molecule is NCc1cccn1CCc1cccs1. The van der Waals surface area contributed by atoms with Crippen molar-refractivity contribution in [1.29, 1.82) is 0 Å². The van der Waals surface area contributed by atoms with E-state index in [4.69, 9.17) is 5.73 Å². The van der Waals surface area contributed by atoms with Crippen LogP contribution in [-0.4, -0.2) is 4.57 Å². The van der Waals surface area contributed by atoms with E-state index in [9.17, 15) is 0 Å². The number of rotatable bonds is 4. The molecule has 0 amide bonds.